The first kappa shape index (κ1) is 19.7. The molecule has 3 rings (SSSR count). The third kappa shape index (κ3) is 4.82. The number of amides is 1. The van der Waals surface area contributed by atoms with Crippen LogP contribution in [0.3, 0.4) is 0 Å². The van der Waals surface area contributed by atoms with E-state index in [1.807, 2.05) is 29.2 Å². The molecular formula is C20H21F3N3O2+. The highest BCUT2D eigenvalue weighted by molar-refractivity contribution is 5.92. The van der Waals surface area contributed by atoms with Gasteiger partial charge >= 0.3 is 6.18 Å². The van der Waals surface area contributed by atoms with Crippen molar-refractivity contribution < 1.29 is 27.7 Å². The van der Waals surface area contributed by atoms with Gasteiger partial charge in [0.1, 0.15) is 25.0 Å². The number of aromatic amines is 1. The third-order valence-electron chi connectivity index (χ3n) is 4.57. The van der Waals surface area contributed by atoms with Crippen molar-refractivity contribution in [2.45, 2.75) is 6.18 Å². The van der Waals surface area contributed by atoms with E-state index < -0.39 is 11.7 Å². The van der Waals surface area contributed by atoms with Gasteiger partial charge in [-0.3, -0.25) is 9.69 Å². The number of benzene rings is 1. The second kappa shape index (κ2) is 8.33. The number of piperazine rings is 1. The number of carbonyl (C=O) groups excluding carboxylic acids is 1. The molecule has 2 aromatic rings. The number of hydrogen-bond donors (Lipinski definition) is 0. The predicted molar refractivity (Wildman–Crippen MR) is 98.8 cm³/mol. The van der Waals surface area contributed by atoms with Crippen molar-refractivity contribution in [3.63, 3.8) is 0 Å². The normalized spacial score (nSPS) is 15.1. The molecule has 1 fully saturated rings. The van der Waals surface area contributed by atoms with Crippen LogP contribution in [0.4, 0.5) is 19.0 Å². The second-order valence-corrected chi connectivity index (χ2v) is 6.38. The maximum Gasteiger partial charge on any atom is 0.419 e. The summed E-state index contributed by atoms with van der Waals surface area (Å²) in [7, 11) is 1.58. The molecule has 1 aromatic heterocycles. The fourth-order valence-electron chi connectivity index (χ4n) is 2.98. The molecule has 0 bridgehead atoms. The number of anilines is 1. The van der Waals surface area contributed by atoms with E-state index >= 15 is 0 Å². The molecule has 5 nitrogen and oxygen atoms in total. The van der Waals surface area contributed by atoms with Crippen molar-refractivity contribution in [1.82, 2.24) is 4.90 Å². The Labute approximate surface area is 161 Å². The molecule has 0 radical (unpaired) electrons. The van der Waals surface area contributed by atoms with Crippen LogP contribution in [0.1, 0.15) is 11.1 Å². The van der Waals surface area contributed by atoms with E-state index in [0.29, 0.717) is 32.0 Å². The van der Waals surface area contributed by atoms with E-state index in [4.69, 9.17) is 4.74 Å². The van der Waals surface area contributed by atoms with Gasteiger partial charge in [-0.05, 0) is 29.8 Å². The number of H-pyrrole nitrogens is 1. The number of nitrogens with zero attached hydrogens (tertiary/aromatic N) is 2. The molecule has 0 spiro atoms. The molecule has 2 heterocycles. The van der Waals surface area contributed by atoms with Gasteiger partial charge in [0, 0.05) is 12.1 Å². The molecule has 0 aliphatic carbocycles. The molecule has 28 heavy (non-hydrogen) atoms. The van der Waals surface area contributed by atoms with Crippen LogP contribution in [0.5, 0.6) is 5.75 Å². The lowest BCUT2D eigenvalue weighted by Gasteiger charge is -2.30. The molecule has 0 unspecified atom stereocenters. The first-order valence-corrected chi connectivity index (χ1v) is 8.82. The van der Waals surface area contributed by atoms with E-state index in [2.05, 4.69) is 4.98 Å². The van der Waals surface area contributed by atoms with Crippen LogP contribution in [0.15, 0.2) is 48.7 Å². The van der Waals surface area contributed by atoms with Crippen LogP contribution in [-0.4, -0.2) is 44.1 Å². The van der Waals surface area contributed by atoms with Gasteiger partial charge in [0.25, 0.3) is 5.82 Å². The number of aromatic nitrogens is 1. The van der Waals surface area contributed by atoms with E-state index in [0.717, 1.165) is 23.6 Å². The van der Waals surface area contributed by atoms with E-state index in [1.165, 1.54) is 12.1 Å². The van der Waals surface area contributed by atoms with Crippen molar-refractivity contribution in [1.29, 1.82) is 0 Å². The van der Waals surface area contributed by atoms with Crippen LogP contribution < -0.4 is 14.6 Å². The number of rotatable bonds is 4. The Hall–Kier alpha value is -3.03. The number of halogens is 3. The number of ether oxygens (including phenoxy) is 1. The molecule has 1 aromatic carbocycles. The Morgan fingerprint density at radius 1 is 1.14 bits per heavy atom. The summed E-state index contributed by atoms with van der Waals surface area (Å²) in [4.78, 5) is 18.7. The summed E-state index contributed by atoms with van der Waals surface area (Å²) < 4.78 is 43.1. The van der Waals surface area contributed by atoms with Crippen molar-refractivity contribution in [3.05, 3.63) is 59.8 Å². The third-order valence-corrected chi connectivity index (χ3v) is 4.57. The summed E-state index contributed by atoms with van der Waals surface area (Å²) >= 11 is 0. The molecule has 8 heteroatoms. The fourth-order valence-corrected chi connectivity index (χ4v) is 2.98. The van der Waals surface area contributed by atoms with Gasteiger partial charge in [-0.25, -0.2) is 4.98 Å². The predicted octanol–water partition coefficient (Wildman–Crippen LogP) is 2.89. The van der Waals surface area contributed by atoms with E-state index in [9.17, 15) is 18.0 Å². The smallest absolute Gasteiger partial charge is 0.419 e. The highest BCUT2D eigenvalue weighted by Crippen LogP contribution is 2.28. The molecule has 1 amide bonds. The van der Waals surface area contributed by atoms with Crippen molar-refractivity contribution >= 4 is 17.8 Å². The maximum atomic E-state index is 12.6. The van der Waals surface area contributed by atoms with Gasteiger partial charge in [0.15, 0.2) is 0 Å². The summed E-state index contributed by atoms with van der Waals surface area (Å²) in [5, 5.41) is 0. The van der Waals surface area contributed by atoms with Crippen molar-refractivity contribution in [2.24, 2.45) is 0 Å². The van der Waals surface area contributed by atoms with Crippen LogP contribution in [0.25, 0.3) is 6.08 Å². The molecule has 0 saturated carbocycles. The van der Waals surface area contributed by atoms with Gasteiger partial charge in [-0.15, -0.1) is 0 Å². The number of pyridine rings is 1. The van der Waals surface area contributed by atoms with Crippen LogP contribution in [-0.2, 0) is 11.0 Å². The van der Waals surface area contributed by atoms with Crippen LogP contribution in [0, 0.1) is 0 Å². The molecule has 0 atom stereocenters. The Morgan fingerprint density at radius 2 is 1.89 bits per heavy atom. The average Bonchev–Trinajstić information content (AvgIpc) is 2.72. The minimum absolute atomic E-state index is 0.0983. The summed E-state index contributed by atoms with van der Waals surface area (Å²) in [5.41, 5.74) is 0.151. The lowest BCUT2D eigenvalue weighted by Crippen LogP contribution is -2.49. The van der Waals surface area contributed by atoms with Gasteiger partial charge in [-0.2, -0.15) is 13.2 Å². The standard InChI is InChI=1S/C20H20F3N3O2/c1-28-17-4-2-3-15(13-17)5-8-19(27)26-11-9-25(10-12-26)18-7-6-16(14-24-18)20(21,22)23/h2-8,13-14H,9-12H2,1H3/p+1/b8-5+. The van der Waals surface area contributed by atoms with E-state index in [-0.39, 0.29) is 5.91 Å². The molecule has 148 valence electrons. The van der Waals surface area contributed by atoms with Gasteiger partial charge in [-0.1, -0.05) is 12.1 Å². The first-order chi connectivity index (χ1) is 13.4. The Bertz CT molecular complexity index is 843. The van der Waals surface area contributed by atoms with Gasteiger partial charge < -0.3 is 9.64 Å². The van der Waals surface area contributed by atoms with Crippen molar-refractivity contribution in [3.8, 4) is 5.75 Å². The summed E-state index contributed by atoms with van der Waals surface area (Å²) in [5.74, 6) is 1.22. The maximum absolute atomic E-state index is 12.6. The molecule has 1 saturated heterocycles. The minimum atomic E-state index is -4.37. The second-order valence-electron chi connectivity index (χ2n) is 6.38. The molecule has 1 aliphatic heterocycles. The first-order valence-electron chi connectivity index (χ1n) is 8.82. The fraction of sp³-hybridized carbons (Fsp3) is 0.300. The number of alkyl halides is 3. The van der Waals surface area contributed by atoms with Crippen LogP contribution >= 0.6 is 0 Å². The van der Waals surface area contributed by atoms with Gasteiger partial charge in [0.05, 0.1) is 25.8 Å². The minimum Gasteiger partial charge on any atom is -0.497 e. The Morgan fingerprint density at radius 3 is 2.50 bits per heavy atom. The Kier molecular flexibility index (Phi) is 5.87. The molecule has 1 N–H and O–H groups in total. The number of methoxy groups -OCH3 is 1. The SMILES string of the molecule is COc1cccc(/C=C/C(=O)N2CCN(c3ccc(C(F)(F)F)c[nH+]3)CC2)c1. The van der Waals surface area contributed by atoms with Gasteiger partial charge in [0.2, 0.25) is 5.91 Å². The largest absolute Gasteiger partial charge is 0.497 e. The van der Waals surface area contributed by atoms with E-state index in [1.54, 1.807) is 18.1 Å². The monoisotopic (exact) mass is 392 g/mol. The van der Waals surface area contributed by atoms with Crippen LogP contribution in [0.2, 0.25) is 0 Å². The summed E-state index contributed by atoms with van der Waals surface area (Å²) in [6, 6.07) is 9.87. The zero-order valence-corrected chi connectivity index (χ0v) is 15.4. The number of nitrogens with one attached hydrogen (secondary N) is 1. The topological polar surface area (TPSA) is 46.9 Å². The quantitative estimate of drug-likeness (QED) is 0.752. The summed E-state index contributed by atoms with van der Waals surface area (Å²) in [6.07, 6.45) is -0.144. The molecular weight excluding hydrogens is 371 g/mol. The average molecular weight is 392 g/mol. The summed E-state index contributed by atoms with van der Waals surface area (Å²) in [6.45, 7) is 2.08. The zero-order valence-electron chi connectivity index (χ0n) is 15.4. The number of carbonyl (C=O) groups is 1. The zero-order chi connectivity index (χ0) is 20.1. The molecule has 1 aliphatic rings. The highest BCUT2D eigenvalue weighted by atomic mass is 19.4. The Balaban J connectivity index is 1.55. The lowest BCUT2D eigenvalue weighted by molar-refractivity contribution is -0.367. The van der Waals surface area contributed by atoms with Crippen molar-refractivity contribution in [2.75, 3.05) is 38.2 Å². The lowest BCUT2D eigenvalue weighted by atomic mass is 10.2. The number of hydrogen-bond acceptors (Lipinski definition) is 3. The highest BCUT2D eigenvalue weighted by Gasteiger charge is 2.32.